The first kappa shape index (κ1) is 17.5. The topological polar surface area (TPSA) is 49.8 Å². The third-order valence-electron chi connectivity index (χ3n) is 2.98. The first-order valence-corrected chi connectivity index (χ1v) is 6.92. The summed E-state index contributed by atoms with van der Waals surface area (Å²) < 4.78 is 36.4. The number of hydrogen-bond acceptors (Lipinski definition) is 4. The van der Waals surface area contributed by atoms with E-state index < -0.39 is 12.6 Å². The van der Waals surface area contributed by atoms with Crippen molar-refractivity contribution in [3.05, 3.63) is 11.4 Å². The second-order valence-electron chi connectivity index (χ2n) is 6.01. The van der Waals surface area contributed by atoms with E-state index >= 15 is 0 Å². The van der Waals surface area contributed by atoms with Gasteiger partial charge in [-0.1, -0.05) is 20.8 Å². The highest BCUT2D eigenvalue weighted by Gasteiger charge is 2.26. The molecule has 1 heterocycles. The maximum absolute atomic E-state index is 12.1. The Kier molecular flexibility index (Phi) is 5.42. The predicted molar refractivity (Wildman–Crippen MR) is 78.8 cm³/mol. The molecule has 0 radical (unpaired) electrons. The molecule has 0 unspecified atom stereocenters. The molecular weight excluding hydrogens is 281 g/mol. The van der Waals surface area contributed by atoms with Gasteiger partial charge in [-0.2, -0.15) is 13.2 Å². The quantitative estimate of drug-likeness (QED) is 0.811. The summed E-state index contributed by atoms with van der Waals surface area (Å²) in [4.78, 5) is 8.89. The maximum atomic E-state index is 12.1. The summed E-state index contributed by atoms with van der Waals surface area (Å²) in [6.45, 7) is 8.04. The van der Waals surface area contributed by atoms with Crippen LogP contribution >= 0.6 is 0 Å². The SMILES string of the molecule is CNc1nc(C(C)(C)C)nc(NCCCC(F)(F)F)c1C. The number of nitrogens with zero attached hydrogens (tertiary/aromatic N) is 2. The van der Waals surface area contributed by atoms with Crippen LogP contribution in [-0.2, 0) is 5.41 Å². The van der Waals surface area contributed by atoms with Crippen molar-refractivity contribution in [2.24, 2.45) is 0 Å². The minimum Gasteiger partial charge on any atom is -0.373 e. The largest absolute Gasteiger partial charge is 0.389 e. The standard InChI is InChI=1S/C14H23F3N4/c1-9-10(18-5)20-12(13(2,3)4)21-11(9)19-8-6-7-14(15,16)17/h6-8H2,1-5H3,(H2,18,19,20,21). The van der Waals surface area contributed by atoms with Crippen molar-refractivity contribution in [1.82, 2.24) is 9.97 Å². The molecule has 0 aliphatic heterocycles. The molecule has 0 bridgehead atoms. The lowest BCUT2D eigenvalue weighted by Gasteiger charge is -2.21. The molecule has 0 aliphatic rings. The fourth-order valence-corrected chi connectivity index (χ4v) is 1.76. The van der Waals surface area contributed by atoms with Gasteiger partial charge in [-0.15, -0.1) is 0 Å². The van der Waals surface area contributed by atoms with E-state index in [-0.39, 0.29) is 18.4 Å². The molecule has 1 rings (SSSR count). The Balaban J connectivity index is 2.86. The summed E-state index contributed by atoms with van der Waals surface area (Å²) in [7, 11) is 1.76. The molecule has 1 aromatic rings. The van der Waals surface area contributed by atoms with Crippen molar-refractivity contribution in [2.45, 2.75) is 52.1 Å². The zero-order valence-electron chi connectivity index (χ0n) is 13.1. The summed E-state index contributed by atoms with van der Waals surface area (Å²) in [5.74, 6) is 1.92. The summed E-state index contributed by atoms with van der Waals surface area (Å²) in [6.07, 6.45) is -4.89. The molecule has 0 aliphatic carbocycles. The van der Waals surface area contributed by atoms with Crippen LogP contribution in [-0.4, -0.2) is 29.7 Å². The number of halogens is 3. The van der Waals surface area contributed by atoms with Crippen LogP contribution in [0.1, 0.15) is 45.0 Å². The van der Waals surface area contributed by atoms with Crippen molar-refractivity contribution in [2.75, 3.05) is 24.2 Å². The Bertz CT molecular complexity index is 478. The van der Waals surface area contributed by atoms with E-state index in [4.69, 9.17) is 0 Å². The Morgan fingerprint density at radius 2 is 1.62 bits per heavy atom. The van der Waals surface area contributed by atoms with Gasteiger partial charge in [0.1, 0.15) is 17.5 Å². The van der Waals surface area contributed by atoms with Crippen LogP contribution in [0, 0.1) is 6.92 Å². The molecule has 21 heavy (non-hydrogen) atoms. The van der Waals surface area contributed by atoms with Crippen molar-refractivity contribution in [1.29, 1.82) is 0 Å². The highest BCUT2D eigenvalue weighted by molar-refractivity contribution is 5.57. The molecule has 7 heteroatoms. The van der Waals surface area contributed by atoms with Crippen LogP contribution < -0.4 is 10.6 Å². The molecule has 0 saturated carbocycles. The molecule has 0 aromatic carbocycles. The van der Waals surface area contributed by atoms with Gasteiger partial charge in [-0.3, -0.25) is 0 Å². The van der Waals surface area contributed by atoms with Gasteiger partial charge >= 0.3 is 6.18 Å². The zero-order valence-corrected chi connectivity index (χ0v) is 13.1. The third kappa shape index (κ3) is 5.40. The highest BCUT2D eigenvalue weighted by Crippen LogP contribution is 2.26. The zero-order chi connectivity index (χ0) is 16.3. The van der Waals surface area contributed by atoms with Crippen LogP contribution in [0.3, 0.4) is 0 Å². The molecule has 120 valence electrons. The van der Waals surface area contributed by atoms with Crippen molar-refractivity contribution >= 4 is 11.6 Å². The summed E-state index contributed by atoms with van der Waals surface area (Å²) >= 11 is 0. The van der Waals surface area contributed by atoms with E-state index in [0.29, 0.717) is 17.5 Å². The number of nitrogens with one attached hydrogen (secondary N) is 2. The molecule has 4 nitrogen and oxygen atoms in total. The van der Waals surface area contributed by atoms with E-state index in [1.54, 1.807) is 7.05 Å². The average Bonchev–Trinajstić information content (AvgIpc) is 2.33. The van der Waals surface area contributed by atoms with Crippen LogP contribution in [0.25, 0.3) is 0 Å². The molecule has 2 N–H and O–H groups in total. The van der Waals surface area contributed by atoms with Gasteiger partial charge in [0.2, 0.25) is 0 Å². The lowest BCUT2D eigenvalue weighted by atomic mass is 9.95. The van der Waals surface area contributed by atoms with E-state index in [1.165, 1.54) is 0 Å². The van der Waals surface area contributed by atoms with Gasteiger partial charge in [0.15, 0.2) is 0 Å². The van der Waals surface area contributed by atoms with Crippen molar-refractivity contribution < 1.29 is 13.2 Å². The van der Waals surface area contributed by atoms with Gasteiger partial charge in [-0.25, -0.2) is 9.97 Å². The van der Waals surface area contributed by atoms with Crippen LogP contribution in [0.4, 0.5) is 24.8 Å². The first-order valence-electron chi connectivity index (χ1n) is 6.92. The van der Waals surface area contributed by atoms with Crippen molar-refractivity contribution in [3.8, 4) is 0 Å². The van der Waals surface area contributed by atoms with Gasteiger partial charge in [0.25, 0.3) is 0 Å². The molecule has 0 saturated heterocycles. The average molecular weight is 304 g/mol. The number of hydrogen-bond donors (Lipinski definition) is 2. The Morgan fingerprint density at radius 1 is 1.05 bits per heavy atom. The molecule has 0 atom stereocenters. The fourth-order valence-electron chi connectivity index (χ4n) is 1.76. The second-order valence-corrected chi connectivity index (χ2v) is 6.01. The van der Waals surface area contributed by atoms with Crippen molar-refractivity contribution in [3.63, 3.8) is 0 Å². The number of alkyl halides is 3. The number of rotatable bonds is 5. The van der Waals surface area contributed by atoms with E-state index in [2.05, 4.69) is 20.6 Å². The van der Waals surface area contributed by atoms with Gasteiger partial charge in [0, 0.05) is 31.0 Å². The maximum Gasteiger partial charge on any atom is 0.389 e. The molecule has 0 fully saturated rings. The van der Waals surface area contributed by atoms with Gasteiger partial charge in [0.05, 0.1) is 0 Å². The molecule has 1 aromatic heterocycles. The Labute approximate surface area is 123 Å². The number of aromatic nitrogens is 2. The van der Waals surface area contributed by atoms with E-state index in [9.17, 15) is 13.2 Å². The summed E-state index contributed by atoms with van der Waals surface area (Å²) in [5, 5.41) is 5.97. The monoisotopic (exact) mass is 304 g/mol. The smallest absolute Gasteiger partial charge is 0.373 e. The minimum absolute atomic E-state index is 0.0205. The first-order chi connectivity index (χ1) is 9.54. The van der Waals surface area contributed by atoms with Crippen LogP contribution in [0.2, 0.25) is 0 Å². The molecule has 0 spiro atoms. The van der Waals surface area contributed by atoms with Gasteiger partial charge in [-0.05, 0) is 13.3 Å². The lowest BCUT2D eigenvalue weighted by Crippen LogP contribution is -2.20. The third-order valence-corrected chi connectivity index (χ3v) is 2.98. The second kappa shape index (κ2) is 6.49. The summed E-state index contributed by atoms with van der Waals surface area (Å²) in [5.41, 5.74) is 0.569. The summed E-state index contributed by atoms with van der Waals surface area (Å²) in [6, 6.07) is 0. The van der Waals surface area contributed by atoms with Crippen LogP contribution in [0.15, 0.2) is 0 Å². The highest BCUT2D eigenvalue weighted by atomic mass is 19.4. The molecular formula is C14H23F3N4. The Morgan fingerprint density at radius 3 is 2.10 bits per heavy atom. The predicted octanol–water partition coefficient (Wildman–Crippen LogP) is 3.88. The van der Waals surface area contributed by atoms with Crippen LogP contribution in [0.5, 0.6) is 0 Å². The number of anilines is 2. The minimum atomic E-state index is -4.12. The van der Waals surface area contributed by atoms with E-state index in [1.807, 2.05) is 27.7 Å². The normalized spacial score (nSPS) is 12.4. The lowest BCUT2D eigenvalue weighted by molar-refractivity contribution is -0.134. The van der Waals surface area contributed by atoms with Gasteiger partial charge < -0.3 is 10.6 Å². The Hall–Kier alpha value is -1.53. The molecule has 0 amide bonds. The fraction of sp³-hybridized carbons (Fsp3) is 0.714. The van der Waals surface area contributed by atoms with E-state index in [0.717, 1.165) is 5.56 Å².